The summed E-state index contributed by atoms with van der Waals surface area (Å²) < 4.78 is 1.67. The van der Waals surface area contributed by atoms with Gasteiger partial charge in [-0.2, -0.15) is 5.10 Å². The van der Waals surface area contributed by atoms with Crippen molar-refractivity contribution in [2.24, 2.45) is 7.05 Å². The molecule has 0 spiro atoms. The minimum Gasteiger partial charge on any atom is -0.395 e. The molecule has 0 amide bonds. The first-order valence-corrected chi connectivity index (χ1v) is 4.34. The maximum atomic E-state index is 8.81. The fraction of sp³-hybridized carbons (Fsp3) is 0.625. The van der Waals surface area contributed by atoms with Crippen molar-refractivity contribution in [2.75, 3.05) is 30.3 Å². The number of nitrogens with zero attached hydrogens (tertiary/aromatic N) is 3. The lowest BCUT2D eigenvalue weighted by Crippen LogP contribution is -2.27. The molecule has 5 heteroatoms. The lowest BCUT2D eigenvalue weighted by Gasteiger charge is -2.19. The van der Waals surface area contributed by atoms with Gasteiger partial charge in [0.15, 0.2) is 5.82 Å². The Morgan fingerprint density at radius 3 is 2.77 bits per heavy atom. The van der Waals surface area contributed by atoms with Crippen molar-refractivity contribution in [2.45, 2.75) is 6.92 Å². The van der Waals surface area contributed by atoms with Crippen molar-refractivity contribution in [3.63, 3.8) is 0 Å². The first kappa shape index (κ1) is 9.85. The first-order chi connectivity index (χ1) is 6.19. The minimum absolute atomic E-state index is 0.115. The molecule has 0 aliphatic heterocycles. The second kappa shape index (κ2) is 4.13. The van der Waals surface area contributed by atoms with Gasteiger partial charge in [-0.3, -0.25) is 4.68 Å². The molecule has 0 saturated carbocycles. The highest BCUT2D eigenvalue weighted by Gasteiger charge is 2.10. The zero-order valence-corrected chi connectivity index (χ0v) is 8.06. The molecule has 0 aliphatic rings. The van der Waals surface area contributed by atoms with Crippen LogP contribution in [0.15, 0.2) is 6.20 Å². The van der Waals surface area contributed by atoms with Gasteiger partial charge in [-0.05, 0) is 6.92 Å². The third-order valence-electron chi connectivity index (χ3n) is 1.89. The van der Waals surface area contributed by atoms with Crippen molar-refractivity contribution in [3.8, 4) is 0 Å². The van der Waals surface area contributed by atoms with E-state index in [1.807, 2.05) is 18.9 Å². The monoisotopic (exact) mass is 184 g/mol. The van der Waals surface area contributed by atoms with E-state index in [2.05, 4.69) is 5.10 Å². The lowest BCUT2D eigenvalue weighted by atomic mass is 10.4. The Balaban J connectivity index is 2.83. The first-order valence-electron chi connectivity index (χ1n) is 4.34. The topological polar surface area (TPSA) is 67.3 Å². The summed E-state index contributed by atoms with van der Waals surface area (Å²) in [6.45, 7) is 3.48. The van der Waals surface area contributed by atoms with E-state index in [4.69, 9.17) is 10.8 Å². The van der Waals surface area contributed by atoms with Gasteiger partial charge in [-0.1, -0.05) is 0 Å². The van der Waals surface area contributed by atoms with Crippen LogP contribution in [0, 0.1) is 0 Å². The van der Waals surface area contributed by atoms with Crippen LogP contribution in [-0.4, -0.2) is 34.6 Å². The van der Waals surface area contributed by atoms with Crippen molar-refractivity contribution in [3.05, 3.63) is 6.20 Å². The molecule has 1 rings (SSSR count). The molecule has 0 bridgehead atoms. The number of aryl methyl sites for hydroxylation is 1. The van der Waals surface area contributed by atoms with E-state index in [0.717, 1.165) is 12.4 Å². The van der Waals surface area contributed by atoms with Gasteiger partial charge in [0, 0.05) is 26.3 Å². The Labute approximate surface area is 77.8 Å². The van der Waals surface area contributed by atoms with Crippen LogP contribution in [0.3, 0.4) is 0 Å². The van der Waals surface area contributed by atoms with E-state index < -0.39 is 0 Å². The van der Waals surface area contributed by atoms with Gasteiger partial charge in [-0.15, -0.1) is 0 Å². The molecule has 0 fully saturated rings. The average molecular weight is 184 g/mol. The van der Waals surface area contributed by atoms with Crippen LogP contribution in [0.25, 0.3) is 0 Å². The van der Waals surface area contributed by atoms with Gasteiger partial charge in [0.25, 0.3) is 0 Å². The van der Waals surface area contributed by atoms with Gasteiger partial charge in [-0.25, -0.2) is 0 Å². The fourth-order valence-electron chi connectivity index (χ4n) is 1.28. The second-order valence-electron chi connectivity index (χ2n) is 2.88. The number of likely N-dealkylation sites (N-methyl/N-ethyl adjacent to an activating group) is 1. The van der Waals surface area contributed by atoms with Crippen molar-refractivity contribution in [1.29, 1.82) is 0 Å². The molecule has 74 valence electrons. The van der Waals surface area contributed by atoms with Crippen LogP contribution in [0.5, 0.6) is 0 Å². The van der Waals surface area contributed by atoms with Gasteiger partial charge < -0.3 is 15.7 Å². The summed E-state index contributed by atoms with van der Waals surface area (Å²) in [6.07, 6.45) is 1.76. The molecule has 5 nitrogen and oxygen atoms in total. The van der Waals surface area contributed by atoms with Crippen molar-refractivity contribution >= 4 is 11.5 Å². The molecule has 0 aromatic carbocycles. The predicted octanol–water partition coefficient (Wildman–Crippen LogP) is -0.179. The zero-order valence-electron chi connectivity index (χ0n) is 8.06. The molecular weight excluding hydrogens is 168 g/mol. The number of aliphatic hydroxyl groups excluding tert-OH is 1. The van der Waals surface area contributed by atoms with Gasteiger partial charge in [0.2, 0.25) is 0 Å². The molecule has 0 radical (unpaired) electrons. The number of rotatable bonds is 4. The molecule has 1 aromatic heterocycles. The Morgan fingerprint density at radius 1 is 1.69 bits per heavy atom. The van der Waals surface area contributed by atoms with E-state index in [0.29, 0.717) is 12.2 Å². The van der Waals surface area contributed by atoms with Crippen molar-refractivity contribution < 1.29 is 5.11 Å². The standard InChI is InChI=1S/C8H16N4O/c1-3-12(4-5-13)8-7(9)6-11(2)10-8/h6,13H,3-5,9H2,1-2H3. The summed E-state index contributed by atoms with van der Waals surface area (Å²) in [5.41, 5.74) is 6.39. The Kier molecular flexibility index (Phi) is 3.13. The molecule has 0 aliphatic carbocycles. The molecule has 0 saturated heterocycles. The number of aromatic nitrogens is 2. The van der Waals surface area contributed by atoms with E-state index in [1.165, 1.54) is 0 Å². The normalized spacial score (nSPS) is 10.4. The van der Waals surface area contributed by atoms with Crippen LogP contribution in [0.4, 0.5) is 11.5 Å². The highest BCUT2D eigenvalue weighted by molar-refractivity contribution is 5.61. The number of nitrogen functional groups attached to an aromatic ring is 1. The molecule has 0 atom stereocenters. The lowest BCUT2D eigenvalue weighted by molar-refractivity contribution is 0.302. The summed E-state index contributed by atoms with van der Waals surface area (Å²) in [6, 6.07) is 0. The van der Waals surface area contributed by atoms with E-state index in [9.17, 15) is 0 Å². The van der Waals surface area contributed by atoms with Crippen LogP contribution < -0.4 is 10.6 Å². The number of anilines is 2. The number of hydrogen-bond donors (Lipinski definition) is 2. The maximum Gasteiger partial charge on any atom is 0.173 e. The molecule has 1 aromatic rings. The van der Waals surface area contributed by atoms with E-state index in [1.54, 1.807) is 10.9 Å². The second-order valence-corrected chi connectivity index (χ2v) is 2.88. The highest BCUT2D eigenvalue weighted by Crippen LogP contribution is 2.19. The Hall–Kier alpha value is -1.23. The quantitative estimate of drug-likeness (QED) is 0.681. The third-order valence-corrected chi connectivity index (χ3v) is 1.89. The van der Waals surface area contributed by atoms with Crippen LogP contribution >= 0.6 is 0 Å². The number of aliphatic hydroxyl groups is 1. The highest BCUT2D eigenvalue weighted by atomic mass is 16.3. The van der Waals surface area contributed by atoms with E-state index >= 15 is 0 Å². The maximum absolute atomic E-state index is 8.81. The van der Waals surface area contributed by atoms with Crippen LogP contribution in [0.1, 0.15) is 6.92 Å². The summed E-state index contributed by atoms with van der Waals surface area (Å²) in [5, 5.41) is 13.0. The minimum atomic E-state index is 0.115. The number of nitrogens with two attached hydrogens (primary N) is 1. The third kappa shape index (κ3) is 2.12. The van der Waals surface area contributed by atoms with Gasteiger partial charge >= 0.3 is 0 Å². The Bertz CT molecular complexity index is 271. The molecule has 0 unspecified atom stereocenters. The average Bonchev–Trinajstić information content (AvgIpc) is 2.41. The van der Waals surface area contributed by atoms with Crippen molar-refractivity contribution in [1.82, 2.24) is 9.78 Å². The number of hydrogen-bond acceptors (Lipinski definition) is 4. The SMILES string of the molecule is CCN(CCO)c1nn(C)cc1N. The molecule has 3 N–H and O–H groups in total. The summed E-state index contributed by atoms with van der Waals surface area (Å²) in [4.78, 5) is 1.94. The smallest absolute Gasteiger partial charge is 0.173 e. The largest absolute Gasteiger partial charge is 0.395 e. The van der Waals surface area contributed by atoms with Crippen LogP contribution in [0.2, 0.25) is 0 Å². The van der Waals surface area contributed by atoms with Gasteiger partial charge in [0.1, 0.15) is 0 Å². The summed E-state index contributed by atoms with van der Waals surface area (Å²) >= 11 is 0. The predicted molar refractivity (Wildman–Crippen MR) is 52.6 cm³/mol. The van der Waals surface area contributed by atoms with Crippen LogP contribution in [-0.2, 0) is 7.05 Å². The van der Waals surface area contributed by atoms with E-state index in [-0.39, 0.29) is 6.61 Å². The molecule has 13 heavy (non-hydrogen) atoms. The summed E-state index contributed by atoms with van der Waals surface area (Å²) in [5.74, 6) is 0.749. The summed E-state index contributed by atoms with van der Waals surface area (Å²) in [7, 11) is 1.83. The molecule has 1 heterocycles. The Morgan fingerprint density at radius 2 is 2.38 bits per heavy atom. The van der Waals surface area contributed by atoms with Gasteiger partial charge in [0.05, 0.1) is 12.3 Å². The zero-order chi connectivity index (χ0) is 9.84. The fourth-order valence-corrected chi connectivity index (χ4v) is 1.28. The molecular formula is C8H16N4O.